The molecule has 1 atom stereocenters. The molecule has 0 radical (unpaired) electrons. The fourth-order valence-corrected chi connectivity index (χ4v) is 2.75. The summed E-state index contributed by atoms with van der Waals surface area (Å²) in [5.74, 6) is 1.21. The first-order valence-electron chi connectivity index (χ1n) is 7.65. The summed E-state index contributed by atoms with van der Waals surface area (Å²) in [6.07, 6.45) is 1.07. The molecule has 0 bridgehead atoms. The lowest BCUT2D eigenvalue weighted by atomic mass is 9.92. The normalized spacial score (nSPS) is 12.6. The topological polar surface area (TPSA) is 12.0 Å². The monoisotopic (exact) mass is 345 g/mol. The Morgan fingerprint density at radius 2 is 1.57 bits per heavy atom. The molecular weight excluding hydrogens is 322 g/mol. The first-order chi connectivity index (χ1) is 10.1. The fourth-order valence-electron chi connectivity index (χ4n) is 2.48. The molecule has 0 spiro atoms. The van der Waals surface area contributed by atoms with Gasteiger partial charge in [0.05, 0.1) is 0 Å². The molecular formula is C19H24BrN. The zero-order valence-electron chi connectivity index (χ0n) is 12.9. The second-order valence-corrected chi connectivity index (χ2v) is 6.91. The van der Waals surface area contributed by atoms with Crippen molar-refractivity contribution >= 4 is 15.9 Å². The standard InChI is InChI=1S/C19H24BrN/c1-15(2)13-21-14-18(17-6-4-3-5-7-17)12-16-8-10-19(20)11-9-16/h3-11,15,18,21H,12-14H2,1-2H3. The molecule has 112 valence electrons. The van der Waals surface area contributed by atoms with Crippen LogP contribution in [0, 0.1) is 5.92 Å². The summed E-state index contributed by atoms with van der Waals surface area (Å²) < 4.78 is 1.14. The lowest BCUT2D eigenvalue weighted by Gasteiger charge is -2.19. The van der Waals surface area contributed by atoms with Crippen molar-refractivity contribution in [2.75, 3.05) is 13.1 Å². The number of halogens is 1. The molecule has 2 rings (SSSR count). The van der Waals surface area contributed by atoms with E-state index < -0.39 is 0 Å². The van der Waals surface area contributed by atoms with Crippen molar-refractivity contribution in [3.63, 3.8) is 0 Å². The average molecular weight is 346 g/mol. The van der Waals surface area contributed by atoms with Gasteiger partial charge in [-0.2, -0.15) is 0 Å². The van der Waals surface area contributed by atoms with Crippen molar-refractivity contribution in [2.24, 2.45) is 5.92 Å². The van der Waals surface area contributed by atoms with Crippen LogP contribution in [0.25, 0.3) is 0 Å². The summed E-state index contributed by atoms with van der Waals surface area (Å²) in [6, 6.07) is 19.5. The summed E-state index contributed by atoms with van der Waals surface area (Å²) in [6.45, 7) is 6.60. The summed E-state index contributed by atoms with van der Waals surface area (Å²) in [7, 11) is 0. The largest absolute Gasteiger partial charge is 0.316 e. The molecule has 1 unspecified atom stereocenters. The van der Waals surface area contributed by atoms with Crippen molar-refractivity contribution in [1.29, 1.82) is 0 Å². The number of hydrogen-bond donors (Lipinski definition) is 1. The number of benzene rings is 2. The van der Waals surface area contributed by atoms with E-state index in [9.17, 15) is 0 Å². The molecule has 0 aliphatic carbocycles. The maximum absolute atomic E-state index is 3.61. The summed E-state index contributed by atoms with van der Waals surface area (Å²) >= 11 is 3.50. The molecule has 1 N–H and O–H groups in total. The van der Waals surface area contributed by atoms with Crippen LogP contribution in [-0.2, 0) is 6.42 Å². The Hall–Kier alpha value is -1.12. The average Bonchev–Trinajstić information content (AvgIpc) is 2.49. The Balaban J connectivity index is 2.06. The van der Waals surface area contributed by atoms with Crippen molar-refractivity contribution in [1.82, 2.24) is 5.32 Å². The van der Waals surface area contributed by atoms with Crippen molar-refractivity contribution in [2.45, 2.75) is 26.2 Å². The maximum Gasteiger partial charge on any atom is 0.0175 e. The lowest BCUT2D eigenvalue weighted by molar-refractivity contribution is 0.514. The molecule has 2 aromatic carbocycles. The van der Waals surface area contributed by atoms with Crippen LogP contribution >= 0.6 is 15.9 Å². The van der Waals surface area contributed by atoms with Gasteiger partial charge in [-0.15, -0.1) is 0 Å². The van der Waals surface area contributed by atoms with E-state index >= 15 is 0 Å². The summed E-state index contributed by atoms with van der Waals surface area (Å²) in [4.78, 5) is 0. The van der Waals surface area contributed by atoms with Gasteiger partial charge in [0.15, 0.2) is 0 Å². The van der Waals surface area contributed by atoms with E-state index in [0.29, 0.717) is 11.8 Å². The molecule has 0 saturated carbocycles. The van der Waals surface area contributed by atoms with E-state index in [0.717, 1.165) is 24.0 Å². The van der Waals surface area contributed by atoms with E-state index in [2.05, 4.69) is 89.7 Å². The van der Waals surface area contributed by atoms with Gasteiger partial charge in [-0.05, 0) is 42.1 Å². The van der Waals surface area contributed by atoms with Crippen molar-refractivity contribution in [3.8, 4) is 0 Å². The Morgan fingerprint density at radius 3 is 2.19 bits per heavy atom. The molecule has 2 aromatic rings. The second kappa shape index (κ2) is 8.35. The minimum absolute atomic E-state index is 0.520. The Labute approximate surface area is 136 Å². The molecule has 1 nitrogen and oxygen atoms in total. The predicted molar refractivity (Wildman–Crippen MR) is 94.7 cm³/mol. The van der Waals surface area contributed by atoms with Crippen LogP contribution < -0.4 is 5.32 Å². The third-order valence-corrected chi connectivity index (χ3v) is 4.14. The van der Waals surface area contributed by atoms with Gasteiger partial charge >= 0.3 is 0 Å². The molecule has 0 aliphatic heterocycles. The van der Waals surface area contributed by atoms with Crippen LogP contribution in [0.4, 0.5) is 0 Å². The van der Waals surface area contributed by atoms with Gasteiger partial charge < -0.3 is 5.32 Å². The van der Waals surface area contributed by atoms with Gasteiger partial charge in [-0.3, -0.25) is 0 Å². The smallest absolute Gasteiger partial charge is 0.0175 e. The molecule has 0 fully saturated rings. The highest BCUT2D eigenvalue weighted by atomic mass is 79.9. The highest BCUT2D eigenvalue weighted by Crippen LogP contribution is 2.21. The Morgan fingerprint density at radius 1 is 0.905 bits per heavy atom. The quantitative estimate of drug-likeness (QED) is 0.742. The zero-order valence-corrected chi connectivity index (χ0v) is 14.4. The number of hydrogen-bond acceptors (Lipinski definition) is 1. The van der Waals surface area contributed by atoms with Gasteiger partial charge in [0.2, 0.25) is 0 Å². The van der Waals surface area contributed by atoms with Crippen molar-refractivity contribution < 1.29 is 0 Å². The first-order valence-corrected chi connectivity index (χ1v) is 8.44. The van der Waals surface area contributed by atoms with E-state index in [-0.39, 0.29) is 0 Å². The van der Waals surface area contributed by atoms with Gasteiger partial charge in [-0.25, -0.2) is 0 Å². The number of nitrogens with one attached hydrogen (secondary N) is 1. The highest BCUT2D eigenvalue weighted by Gasteiger charge is 2.12. The van der Waals surface area contributed by atoms with Gasteiger partial charge in [0.25, 0.3) is 0 Å². The number of rotatable bonds is 7. The maximum atomic E-state index is 3.61. The molecule has 0 aromatic heterocycles. The zero-order chi connectivity index (χ0) is 15.1. The fraction of sp³-hybridized carbons (Fsp3) is 0.368. The minimum atomic E-state index is 0.520. The third-order valence-electron chi connectivity index (χ3n) is 3.61. The molecule has 2 heteroatoms. The Bertz CT molecular complexity index is 519. The van der Waals surface area contributed by atoms with E-state index in [1.54, 1.807) is 0 Å². The van der Waals surface area contributed by atoms with Crippen LogP contribution in [-0.4, -0.2) is 13.1 Å². The second-order valence-electron chi connectivity index (χ2n) is 5.99. The predicted octanol–water partition coefficient (Wildman–Crippen LogP) is 5.02. The van der Waals surface area contributed by atoms with E-state index in [1.165, 1.54) is 11.1 Å². The van der Waals surface area contributed by atoms with Crippen LogP contribution in [0.5, 0.6) is 0 Å². The Kier molecular flexibility index (Phi) is 6.47. The molecule has 21 heavy (non-hydrogen) atoms. The van der Waals surface area contributed by atoms with Crippen LogP contribution in [0.2, 0.25) is 0 Å². The van der Waals surface area contributed by atoms with Crippen LogP contribution in [0.3, 0.4) is 0 Å². The third kappa shape index (κ3) is 5.64. The molecule has 0 heterocycles. The lowest BCUT2D eigenvalue weighted by Crippen LogP contribution is -2.26. The van der Waals surface area contributed by atoms with Gasteiger partial charge in [0.1, 0.15) is 0 Å². The SMILES string of the molecule is CC(C)CNCC(Cc1ccc(Br)cc1)c1ccccc1. The van der Waals surface area contributed by atoms with E-state index in [1.807, 2.05) is 0 Å². The van der Waals surface area contributed by atoms with Gasteiger partial charge in [-0.1, -0.05) is 72.2 Å². The van der Waals surface area contributed by atoms with Crippen LogP contribution in [0.1, 0.15) is 30.9 Å². The van der Waals surface area contributed by atoms with E-state index in [4.69, 9.17) is 0 Å². The minimum Gasteiger partial charge on any atom is -0.316 e. The van der Waals surface area contributed by atoms with Crippen molar-refractivity contribution in [3.05, 3.63) is 70.2 Å². The first kappa shape index (κ1) is 16.3. The van der Waals surface area contributed by atoms with Gasteiger partial charge in [0, 0.05) is 16.9 Å². The highest BCUT2D eigenvalue weighted by molar-refractivity contribution is 9.10. The molecule has 0 amide bonds. The summed E-state index contributed by atoms with van der Waals surface area (Å²) in [5.41, 5.74) is 2.80. The van der Waals surface area contributed by atoms with Crippen LogP contribution in [0.15, 0.2) is 59.1 Å². The summed E-state index contributed by atoms with van der Waals surface area (Å²) in [5, 5.41) is 3.61. The molecule has 0 aliphatic rings. The molecule has 0 saturated heterocycles.